The van der Waals surface area contributed by atoms with Gasteiger partial charge in [-0.3, -0.25) is 0 Å². The zero-order chi connectivity index (χ0) is 9.31. The quantitative estimate of drug-likeness (QED) is 0.781. The fraction of sp³-hybridized carbons (Fsp3) is 0.400. The highest BCUT2D eigenvalue weighted by Gasteiger charge is 2.38. The molecule has 0 radical (unpaired) electrons. The molecule has 2 rings (SSSR count). The van der Waals surface area contributed by atoms with Gasteiger partial charge < -0.3 is 10.1 Å². The van der Waals surface area contributed by atoms with E-state index in [-0.39, 0.29) is 5.60 Å². The predicted molar refractivity (Wildman–Crippen MR) is 53.0 cm³/mol. The lowest BCUT2D eigenvalue weighted by Gasteiger charge is -2.41. The van der Waals surface area contributed by atoms with E-state index in [0.29, 0.717) is 0 Å². The van der Waals surface area contributed by atoms with E-state index in [4.69, 9.17) is 16.3 Å². The van der Waals surface area contributed by atoms with Gasteiger partial charge in [0, 0.05) is 25.2 Å². The van der Waals surface area contributed by atoms with Crippen LogP contribution in [0.2, 0.25) is 5.02 Å². The summed E-state index contributed by atoms with van der Waals surface area (Å²) >= 11 is 5.81. The Morgan fingerprint density at radius 2 is 1.92 bits per heavy atom. The Labute approximate surface area is 82.9 Å². The number of hydrogen-bond donors (Lipinski definition) is 1. The topological polar surface area (TPSA) is 21.3 Å². The lowest BCUT2D eigenvalue weighted by molar-refractivity contribution is -0.0565. The largest absolute Gasteiger partial charge is 0.371 e. The molecule has 0 atom stereocenters. The lowest BCUT2D eigenvalue weighted by atomic mass is 9.88. The Kier molecular flexibility index (Phi) is 2.28. The van der Waals surface area contributed by atoms with Crippen LogP contribution in [-0.2, 0) is 10.3 Å². The summed E-state index contributed by atoms with van der Waals surface area (Å²) < 4.78 is 5.49. The summed E-state index contributed by atoms with van der Waals surface area (Å²) in [5.41, 5.74) is 1.07. The molecule has 3 heteroatoms. The van der Waals surface area contributed by atoms with Crippen LogP contribution in [0.15, 0.2) is 24.3 Å². The molecule has 2 nitrogen and oxygen atoms in total. The van der Waals surface area contributed by atoms with Crippen LogP contribution in [0, 0.1) is 0 Å². The molecule has 1 N–H and O–H groups in total. The van der Waals surface area contributed by atoms with E-state index in [1.807, 2.05) is 24.3 Å². The van der Waals surface area contributed by atoms with Gasteiger partial charge in [0.1, 0.15) is 5.60 Å². The van der Waals surface area contributed by atoms with E-state index >= 15 is 0 Å². The second-order valence-corrected chi connectivity index (χ2v) is 3.75. The van der Waals surface area contributed by atoms with Gasteiger partial charge in [-0.2, -0.15) is 0 Å². The maximum absolute atomic E-state index is 5.81. The van der Waals surface area contributed by atoms with Crippen molar-refractivity contribution in [3.63, 3.8) is 0 Å². The second kappa shape index (κ2) is 3.29. The summed E-state index contributed by atoms with van der Waals surface area (Å²) in [5.74, 6) is 0. The highest BCUT2D eigenvalue weighted by atomic mass is 35.5. The molecule has 0 aliphatic carbocycles. The molecule has 13 heavy (non-hydrogen) atoms. The first-order valence-corrected chi connectivity index (χ1v) is 4.66. The van der Waals surface area contributed by atoms with Gasteiger partial charge in [0.15, 0.2) is 0 Å². The van der Waals surface area contributed by atoms with Crippen LogP contribution >= 0.6 is 11.6 Å². The second-order valence-electron chi connectivity index (χ2n) is 3.31. The van der Waals surface area contributed by atoms with Crippen LogP contribution < -0.4 is 5.32 Å². The molecule has 1 aliphatic heterocycles. The van der Waals surface area contributed by atoms with Crippen LogP contribution in [0.25, 0.3) is 0 Å². The molecule has 1 aromatic carbocycles. The van der Waals surface area contributed by atoms with E-state index in [9.17, 15) is 0 Å². The normalized spacial score (nSPS) is 19.5. The average Bonchev–Trinajstić information content (AvgIpc) is 2.07. The van der Waals surface area contributed by atoms with E-state index < -0.39 is 0 Å². The van der Waals surface area contributed by atoms with Gasteiger partial charge in [-0.05, 0) is 17.7 Å². The van der Waals surface area contributed by atoms with Crippen molar-refractivity contribution in [1.82, 2.24) is 5.32 Å². The summed E-state index contributed by atoms with van der Waals surface area (Å²) in [6.45, 7) is 1.76. The monoisotopic (exact) mass is 197 g/mol. The minimum atomic E-state index is -0.120. The zero-order valence-electron chi connectivity index (χ0n) is 7.51. The number of nitrogens with one attached hydrogen (secondary N) is 1. The van der Waals surface area contributed by atoms with Gasteiger partial charge >= 0.3 is 0 Å². The first-order valence-electron chi connectivity index (χ1n) is 4.29. The van der Waals surface area contributed by atoms with Crippen LogP contribution in [0.5, 0.6) is 0 Å². The van der Waals surface area contributed by atoms with Crippen molar-refractivity contribution in [3.05, 3.63) is 34.9 Å². The standard InChI is InChI=1S/C10H12ClNO/c1-13-10(6-12-7-10)8-2-4-9(11)5-3-8/h2-5,12H,6-7H2,1H3. The van der Waals surface area contributed by atoms with Gasteiger partial charge in [0.25, 0.3) is 0 Å². The van der Waals surface area contributed by atoms with Crippen LogP contribution in [0.1, 0.15) is 5.56 Å². The highest BCUT2D eigenvalue weighted by molar-refractivity contribution is 6.30. The van der Waals surface area contributed by atoms with E-state index in [0.717, 1.165) is 18.1 Å². The van der Waals surface area contributed by atoms with Gasteiger partial charge in [0.2, 0.25) is 0 Å². The van der Waals surface area contributed by atoms with Crippen LogP contribution in [0.3, 0.4) is 0 Å². The molecule has 70 valence electrons. The molecule has 1 heterocycles. The first-order chi connectivity index (χ1) is 6.27. The molecule has 1 saturated heterocycles. The van der Waals surface area contributed by atoms with Gasteiger partial charge in [-0.25, -0.2) is 0 Å². The van der Waals surface area contributed by atoms with Crippen molar-refractivity contribution in [2.24, 2.45) is 0 Å². The molecule has 0 spiro atoms. The maximum atomic E-state index is 5.81. The lowest BCUT2D eigenvalue weighted by Crippen LogP contribution is -2.57. The average molecular weight is 198 g/mol. The minimum absolute atomic E-state index is 0.120. The van der Waals surface area contributed by atoms with Crippen molar-refractivity contribution in [3.8, 4) is 0 Å². The van der Waals surface area contributed by atoms with Crippen molar-refractivity contribution >= 4 is 11.6 Å². The Morgan fingerprint density at radius 1 is 1.31 bits per heavy atom. The number of methoxy groups -OCH3 is 1. The molecular formula is C10H12ClNO. The Bertz CT molecular complexity index is 287. The highest BCUT2D eigenvalue weighted by Crippen LogP contribution is 2.29. The number of benzene rings is 1. The number of ether oxygens (including phenoxy) is 1. The Morgan fingerprint density at radius 3 is 2.31 bits per heavy atom. The predicted octanol–water partition coefficient (Wildman–Crippen LogP) is 1.78. The molecule has 0 unspecified atom stereocenters. The SMILES string of the molecule is COC1(c2ccc(Cl)cc2)CNC1. The fourth-order valence-electron chi connectivity index (χ4n) is 1.57. The summed E-state index contributed by atoms with van der Waals surface area (Å²) in [7, 11) is 1.75. The maximum Gasteiger partial charge on any atom is 0.117 e. The Hall–Kier alpha value is -0.570. The summed E-state index contributed by atoms with van der Waals surface area (Å²) in [6.07, 6.45) is 0. The summed E-state index contributed by atoms with van der Waals surface area (Å²) in [4.78, 5) is 0. The van der Waals surface area contributed by atoms with E-state index in [1.54, 1.807) is 7.11 Å². The van der Waals surface area contributed by atoms with Gasteiger partial charge in [0.05, 0.1) is 0 Å². The molecule has 0 amide bonds. The third-order valence-electron chi connectivity index (χ3n) is 2.58. The third kappa shape index (κ3) is 1.46. The number of halogens is 1. The van der Waals surface area contributed by atoms with E-state index in [1.165, 1.54) is 5.56 Å². The van der Waals surface area contributed by atoms with Gasteiger partial charge in [-0.1, -0.05) is 23.7 Å². The smallest absolute Gasteiger partial charge is 0.117 e. The fourth-order valence-corrected chi connectivity index (χ4v) is 1.70. The zero-order valence-corrected chi connectivity index (χ0v) is 8.27. The summed E-state index contributed by atoms with van der Waals surface area (Å²) in [6, 6.07) is 7.84. The number of rotatable bonds is 2. The van der Waals surface area contributed by atoms with Crippen molar-refractivity contribution in [2.45, 2.75) is 5.60 Å². The third-order valence-corrected chi connectivity index (χ3v) is 2.83. The minimum Gasteiger partial charge on any atom is -0.371 e. The van der Waals surface area contributed by atoms with Crippen molar-refractivity contribution < 1.29 is 4.74 Å². The first kappa shape index (κ1) is 9.00. The van der Waals surface area contributed by atoms with Crippen LogP contribution in [0.4, 0.5) is 0 Å². The molecule has 1 aromatic rings. The number of hydrogen-bond acceptors (Lipinski definition) is 2. The molecule has 0 bridgehead atoms. The molecule has 0 aromatic heterocycles. The van der Waals surface area contributed by atoms with Crippen molar-refractivity contribution in [2.75, 3.05) is 20.2 Å². The molecular weight excluding hydrogens is 186 g/mol. The molecule has 1 fully saturated rings. The Balaban J connectivity index is 2.28. The van der Waals surface area contributed by atoms with E-state index in [2.05, 4.69) is 5.32 Å². The van der Waals surface area contributed by atoms with Crippen LogP contribution in [-0.4, -0.2) is 20.2 Å². The summed E-state index contributed by atoms with van der Waals surface area (Å²) in [5, 5.41) is 3.97. The molecule has 0 saturated carbocycles. The van der Waals surface area contributed by atoms with Crippen molar-refractivity contribution in [1.29, 1.82) is 0 Å². The van der Waals surface area contributed by atoms with Gasteiger partial charge in [-0.15, -0.1) is 0 Å². The molecule has 1 aliphatic rings.